The fourth-order valence-corrected chi connectivity index (χ4v) is 3.20. The van der Waals surface area contributed by atoms with Gasteiger partial charge in [0.2, 0.25) is 12.2 Å². The lowest BCUT2D eigenvalue weighted by atomic mass is 9.96. The zero-order valence-corrected chi connectivity index (χ0v) is 18.4. The van der Waals surface area contributed by atoms with Crippen LogP contribution in [0.1, 0.15) is 38.1 Å². The Morgan fingerprint density at radius 2 is 1.48 bits per heavy atom. The molecule has 1 aromatic rings. The Balaban J connectivity index is 2.43. The third-order valence-corrected chi connectivity index (χ3v) is 4.42. The van der Waals surface area contributed by atoms with Crippen molar-refractivity contribution in [1.29, 1.82) is 0 Å². The van der Waals surface area contributed by atoms with Gasteiger partial charge < -0.3 is 34.1 Å². The Hall–Kier alpha value is -3.67. The molecular formula is C21H25NO11. The maximum absolute atomic E-state index is 11.9. The van der Waals surface area contributed by atoms with E-state index in [2.05, 4.69) is 5.32 Å². The van der Waals surface area contributed by atoms with Crippen molar-refractivity contribution in [3.8, 4) is 5.75 Å². The maximum Gasteiger partial charge on any atom is 0.335 e. The zero-order valence-electron chi connectivity index (χ0n) is 18.4. The van der Waals surface area contributed by atoms with E-state index >= 15 is 0 Å². The molecule has 180 valence electrons. The first-order chi connectivity index (χ1) is 15.5. The summed E-state index contributed by atoms with van der Waals surface area (Å²) in [6, 6.07) is 4.21. The first-order valence-electron chi connectivity index (χ1n) is 9.88. The second-order valence-corrected chi connectivity index (χ2v) is 7.17. The van der Waals surface area contributed by atoms with Crippen LogP contribution < -0.4 is 10.1 Å². The molecule has 1 aliphatic heterocycles. The van der Waals surface area contributed by atoms with Crippen LogP contribution in [-0.4, -0.2) is 72.1 Å². The molecule has 12 heteroatoms. The summed E-state index contributed by atoms with van der Waals surface area (Å²) in [4.78, 5) is 57.8. The molecule has 0 aliphatic carbocycles. The van der Waals surface area contributed by atoms with Crippen molar-refractivity contribution in [2.45, 2.75) is 58.3 Å². The van der Waals surface area contributed by atoms with Crippen LogP contribution >= 0.6 is 0 Å². The van der Waals surface area contributed by atoms with E-state index in [1.165, 1.54) is 38.1 Å². The molecule has 0 radical (unpaired) electrons. The number of hydrogen-bond acceptors (Lipinski definition) is 10. The molecule has 1 aliphatic rings. The van der Waals surface area contributed by atoms with Crippen molar-refractivity contribution in [1.82, 2.24) is 5.32 Å². The van der Waals surface area contributed by atoms with E-state index in [1.807, 2.05) is 0 Å². The first kappa shape index (κ1) is 25.6. The van der Waals surface area contributed by atoms with E-state index in [9.17, 15) is 24.0 Å². The Bertz CT molecular complexity index is 898. The zero-order chi connectivity index (χ0) is 24.7. The van der Waals surface area contributed by atoms with Crippen LogP contribution in [0.25, 0.3) is 0 Å². The summed E-state index contributed by atoms with van der Waals surface area (Å²) in [5.74, 6) is -3.55. The van der Waals surface area contributed by atoms with Gasteiger partial charge in [-0.2, -0.15) is 0 Å². The average molecular weight is 467 g/mol. The average Bonchev–Trinajstić information content (AvgIpc) is 2.70. The molecule has 12 nitrogen and oxygen atoms in total. The molecule has 0 saturated carbocycles. The minimum atomic E-state index is -1.29. The van der Waals surface area contributed by atoms with Crippen LogP contribution in [-0.2, 0) is 38.1 Å². The highest BCUT2D eigenvalue weighted by molar-refractivity contribution is 5.87. The summed E-state index contributed by atoms with van der Waals surface area (Å²) < 4.78 is 27.3. The monoisotopic (exact) mass is 467 g/mol. The molecule has 1 saturated heterocycles. The van der Waals surface area contributed by atoms with Gasteiger partial charge in [0.15, 0.2) is 12.2 Å². The van der Waals surface area contributed by atoms with Gasteiger partial charge in [-0.15, -0.1) is 0 Å². The number of carboxylic acid groups (broad SMARTS) is 1. The summed E-state index contributed by atoms with van der Waals surface area (Å²) >= 11 is 0. The topological polar surface area (TPSA) is 164 Å². The number of carbonyl (C=O) groups excluding carboxylic acids is 4. The van der Waals surface area contributed by atoms with Crippen molar-refractivity contribution in [3.05, 3.63) is 29.8 Å². The van der Waals surface area contributed by atoms with Gasteiger partial charge in [-0.25, -0.2) is 4.79 Å². The van der Waals surface area contributed by atoms with Gasteiger partial charge in [-0.05, 0) is 24.3 Å². The van der Waals surface area contributed by atoms with Gasteiger partial charge >= 0.3 is 23.9 Å². The number of hydrogen-bond donors (Lipinski definition) is 2. The minimum absolute atomic E-state index is 0.0192. The molecule has 0 bridgehead atoms. The molecule has 0 aromatic heterocycles. The van der Waals surface area contributed by atoms with Gasteiger partial charge in [0.1, 0.15) is 24.5 Å². The SMILES string of the molecule is CC(=O)N[C@H]1[C@@H](Oc2ccc(C(=O)O)cc2)O[C@@H](COC(C)=O)[C@@H](OC(C)=O)[C@H]1OC(C)=O. The molecule has 1 heterocycles. The first-order valence-corrected chi connectivity index (χ1v) is 9.88. The third kappa shape index (κ3) is 7.45. The second-order valence-electron chi connectivity index (χ2n) is 7.17. The third-order valence-electron chi connectivity index (χ3n) is 4.42. The number of carboxylic acids is 1. The van der Waals surface area contributed by atoms with Crippen LogP contribution in [0.3, 0.4) is 0 Å². The van der Waals surface area contributed by atoms with Crippen LogP contribution in [0.4, 0.5) is 0 Å². The van der Waals surface area contributed by atoms with Crippen molar-refractivity contribution in [3.63, 3.8) is 0 Å². The van der Waals surface area contributed by atoms with Gasteiger partial charge in [0.25, 0.3) is 0 Å². The van der Waals surface area contributed by atoms with Crippen LogP contribution in [0.15, 0.2) is 24.3 Å². The summed E-state index contributed by atoms with van der Waals surface area (Å²) in [7, 11) is 0. The number of carbonyl (C=O) groups is 5. The molecule has 33 heavy (non-hydrogen) atoms. The highest BCUT2D eigenvalue weighted by Gasteiger charge is 2.51. The Labute approximate surface area is 189 Å². The fraction of sp³-hybridized carbons (Fsp3) is 0.476. The number of aromatic carboxylic acids is 1. The van der Waals surface area contributed by atoms with Gasteiger partial charge in [-0.3, -0.25) is 19.2 Å². The smallest absolute Gasteiger partial charge is 0.335 e. The number of benzene rings is 1. The predicted molar refractivity (Wildman–Crippen MR) is 108 cm³/mol. The van der Waals surface area contributed by atoms with Crippen molar-refractivity contribution in [2.75, 3.05) is 6.61 Å². The van der Waals surface area contributed by atoms with E-state index in [-0.39, 0.29) is 17.9 Å². The standard InChI is InChI=1S/C21H25NO11/c1-10(23)22-17-19(31-13(4)26)18(30-12(3)25)16(9-29-11(2)24)33-21(17)32-15-7-5-14(6-8-15)20(27)28/h5-8,16-19,21H,9H2,1-4H3,(H,22,23)(H,27,28)/t16-,17+,18+,19-,21-/m0/s1. The molecule has 1 amide bonds. The molecule has 0 spiro atoms. The Kier molecular flexibility index (Phi) is 8.74. The summed E-state index contributed by atoms with van der Waals surface area (Å²) in [5, 5.41) is 11.6. The molecule has 2 N–H and O–H groups in total. The lowest BCUT2D eigenvalue weighted by Gasteiger charge is -2.44. The summed E-state index contributed by atoms with van der Waals surface area (Å²) in [6.45, 7) is 4.29. The van der Waals surface area contributed by atoms with Crippen LogP contribution in [0.5, 0.6) is 5.75 Å². The molecule has 1 aromatic carbocycles. The van der Waals surface area contributed by atoms with Gasteiger partial charge in [0.05, 0.1) is 5.56 Å². The van der Waals surface area contributed by atoms with Crippen molar-refractivity contribution < 1.29 is 52.8 Å². The highest BCUT2D eigenvalue weighted by atomic mass is 16.7. The number of esters is 3. The summed E-state index contributed by atoms with van der Waals surface area (Å²) in [5.41, 5.74) is 0.0192. The predicted octanol–water partition coefficient (Wildman–Crippen LogP) is 0.420. The minimum Gasteiger partial charge on any atom is -0.478 e. The molecule has 2 rings (SSSR count). The highest BCUT2D eigenvalue weighted by Crippen LogP contribution is 2.29. The molecule has 5 atom stereocenters. The molecular weight excluding hydrogens is 442 g/mol. The van der Waals surface area contributed by atoms with E-state index in [0.29, 0.717) is 0 Å². The van der Waals surface area contributed by atoms with Crippen LogP contribution in [0, 0.1) is 0 Å². The van der Waals surface area contributed by atoms with E-state index < -0.39 is 60.4 Å². The fourth-order valence-electron chi connectivity index (χ4n) is 3.20. The second kappa shape index (κ2) is 11.3. The largest absolute Gasteiger partial charge is 0.478 e. The van der Waals surface area contributed by atoms with E-state index in [4.69, 9.17) is 28.8 Å². The number of rotatable bonds is 8. The van der Waals surface area contributed by atoms with Crippen LogP contribution in [0.2, 0.25) is 0 Å². The van der Waals surface area contributed by atoms with E-state index in [1.54, 1.807) is 0 Å². The van der Waals surface area contributed by atoms with Gasteiger partial charge in [0, 0.05) is 27.7 Å². The van der Waals surface area contributed by atoms with Gasteiger partial charge in [-0.1, -0.05) is 0 Å². The number of nitrogens with one attached hydrogen (secondary N) is 1. The lowest BCUT2D eigenvalue weighted by Crippen LogP contribution is -2.67. The Morgan fingerprint density at radius 3 is 1.97 bits per heavy atom. The quantitative estimate of drug-likeness (QED) is 0.402. The molecule has 1 fully saturated rings. The summed E-state index contributed by atoms with van der Waals surface area (Å²) in [6.07, 6.45) is -4.90. The van der Waals surface area contributed by atoms with Crippen molar-refractivity contribution in [2.24, 2.45) is 0 Å². The molecule has 0 unspecified atom stereocenters. The van der Waals surface area contributed by atoms with E-state index in [0.717, 1.165) is 13.8 Å². The lowest BCUT2D eigenvalue weighted by molar-refractivity contribution is -0.257. The van der Waals surface area contributed by atoms with Crippen molar-refractivity contribution >= 4 is 29.8 Å². The maximum atomic E-state index is 11.9. The Morgan fingerprint density at radius 1 is 0.909 bits per heavy atom. The number of amides is 1. The normalized spacial score (nSPS) is 24.2. The number of ether oxygens (including phenoxy) is 5.